The lowest BCUT2D eigenvalue weighted by atomic mass is 9.57. The van der Waals surface area contributed by atoms with E-state index in [0.717, 1.165) is 0 Å². The third-order valence-corrected chi connectivity index (χ3v) is 6.50. The van der Waals surface area contributed by atoms with Crippen molar-refractivity contribution in [3.05, 3.63) is 52.8 Å². The number of ketones is 2. The van der Waals surface area contributed by atoms with Crippen LogP contribution in [0.2, 0.25) is 0 Å². The number of hydrogen-bond donors (Lipinski definition) is 5. The van der Waals surface area contributed by atoms with E-state index in [1.807, 2.05) is 0 Å². The van der Waals surface area contributed by atoms with Gasteiger partial charge in [0.1, 0.15) is 28.9 Å². The van der Waals surface area contributed by atoms with Crippen molar-refractivity contribution in [2.45, 2.75) is 31.5 Å². The van der Waals surface area contributed by atoms with Crippen molar-refractivity contribution in [1.82, 2.24) is 0 Å². The molecular weight excluding hydrogens is 434 g/mol. The molecule has 3 aliphatic carbocycles. The van der Waals surface area contributed by atoms with Gasteiger partial charge in [0.15, 0.2) is 11.4 Å². The van der Waals surface area contributed by atoms with E-state index in [2.05, 4.69) is 6.58 Å². The Bertz CT molecular complexity index is 1220. The average molecular weight is 455 g/mol. The van der Waals surface area contributed by atoms with E-state index >= 15 is 0 Å². The molecule has 1 aromatic carbocycles. The van der Waals surface area contributed by atoms with Gasteiger partial charge in [-0.15, -0.1) is 0 Å². The predicted molar refractivity (Wildman–Crippen MR) is 112 cm³/mol. The summed E-state index contributed by atoms with van der Waals surface area (Å²) in [7, 11) is 0. The summed E-state index contributed by atoms with van der Waals surface area (Å²) in [5, 5.41) is 43.5. The summed E-state index contributed by atoms with van der Waals surface area (Å²) in [6, 6.07) is 4.29. The second kappa shape index (κ2) is 7.31. The van der Waals surface area contributed by atoms with E-state index in [-0.39, 0.29) is 28.9 Å². The molecule has 6 N–H and O–H groups in total. The molecule has 1 fully saturated rings. The number of fused-ring (bicyclic) bond motifs is 3. The molecule has 1 amide bonds. The van der Waals surface area contributed by atoms with Crippen molar-refractivity contribution in [2.75, 3.05) is 0 Å². The van der Waals surface area contributed by atoms with Crippen LogP contribution in [-0.4, -0.2) is 55.6 Å². The molecule has 172 valence electrons. The largest absolute Gasteiger partial charge is 0.508 e. The summed E-state index contributed by atoms with van der Waals surface area (Å²) in [6.07, 6.45) is -2.14. The number of aromatic hydroxyl groups is 1. The first-order chi connectivity index (χ1) is 15.5. The number of phenols is 1. The van der Waals surface area contributed by atoms with Gasteiger partial charge in [-0.05, 0) is 17.2 Å². The van der Waals surface area contributed by atoms with Gasteiger partial charge in [0, 0.05) is 18.8 Å². The SMILES string of the molecule is C=C1c2cccc(O)c2C(O)=C2C(=O)C3(O)C(O)=C(C(N)=O)C(=O)CC3C(OC(=O)CC)C12. The van der Waals surface area contributed by atoms with E-state index in [4.69, 9.17) is 10.5 Å². The summed E-state index contributed by atoms with van der Waals surface area (Å²) in [4.78, 5) is 50.2. The maximum Gasteiger partial charge on any atom is 0.305 e. The van der Waals surface area contributed by atoms with Gasteiger partial charge >= 0.3 is 5.97 Å². The summed E-state index contributed by atoms with van der Waals surface area (Å²) in [6.45, 7) is 5.47. The van der Waals surface area contributed by atoms with Gasteiger partial charge in [-0.3, -0.25) is 19.2 Å². The Morgan fingerprint density at radius 2 is 1.91 bits per heavy atom. The van der Waals surface area contributed by atoms with Crippen LogP contribution < -0.4 is 5.73 Å². The maximum absolute atomic E-state index is 13.6. The minimum absolute atomic E-state index is 0.0838. The van der Waals surface area contributed by atoms with Gasteiger partial charge < -0.3 is 30.9 Å². The van der Waals surface area contributed by atoms with E-state index < -0.39 is 76.1 Å². The molecule has 0 aliphatic heterocycles. The van der Waals surface area contributed by atoms with Crippen molar-refractivity contribution in [3.63, 3.8) is 0 Å². The summed E-state index contributed by atoms with van der Waals surface area (Å²) >= 11 is 0. The number of nitrogens with two attached hydrogens (primary N) is 1. The number of benzene rings is 1. The zero-order valence-corrected chi connectivity index (χ0v) is 17.5. The number of aliphatic hydroxyl groups is 3. The van der Waals surface area contributed by atoms with Crippen LogP contribution in [0.25, 0.3) is 11.3 Å². The molecule has 0 bridgehead atoms. The molecule has 4 unspecified atom stereocenters. The highest BCUT2D eigenvalue weighted by Gasteiger charge is 2.65. The molecule has 4 rings (SSSR count). The first-order valence-corrected chi connectivity index (χ1v) is 10.1. The van der Waals surface area contributed by atoms with Crippen LogP contribution in [0.15, 0.2) is 41.7 Å². The van der Waals surface area contributed by atoms with Gasteiger partial charge in [0.25, 0.3) is 5.91 Å². The van der Waals surface area contributed by atoms with Crippen LogP contribution in [0.3, 0.4) is 0 Å². The zero-order chi connectivity index (χ0) is 24.4. The molecule has 0 spiro atoms. The third kappa shape index (κ3) is 2.83. The molecule has 10 nitrogen and oxygen atoms in total. The van der Waals surface area contributed by atoms with Crippen LogP contribution in [0.4, 0.5) is 0 Å². The van der Waals surface area contributed by atoms with E-state index in [1.54, 1.807) is 0 Å². The molecule has 0 aromatic heterocycles. The quantitative estimate of drug-likeness (QED) is 0.325. The van der Waals surface area contributed by atoms with E-state index in [1.165, 1.54) is 25.1 Å². The number of carbonyl (C=O) groups excluding carboxylic acids is 4. The minimum atomic E-state index is -2.89. The molecule has 33 heavy (non-hydrogen) atoms. The second-order valence-electron chi connectivity index (χ2n) is 8.19. The minimum Gasteiger partial charge on any atom is -0.508 e. The van der Waals surface area contributed by atoms with Crippen LogP contribution in [0.1, 0.15) is 30.9 Å². The van der Waals surface area contributed by atoms with Crippen LogP contribution in [-0.2, 0) is 23.9 Å². The molecule has 1 aromatic rings. The Morgan fingerprint density at radius 1 is 1.24 bits per heavy atom. The summed E-state index contributed by atoms with van der Waals surface area (Å²) in [5.74, 6) is -9.29. The van der Waals surface area contributed by atoms with Crippen molar-refractivity contribution < 1.29 is 44.3 Å². The lowest BCUT2D eigenvalue weighted by Crippen LogP contribution is -2.64. The lowest BCUT2D eigenvalue weighted by Gasteiger charge is -2.50. The zero-order valence-electron chi connectivity index (χ0n) is 17.5. The Labute approximate surface area is 187 Å². The normalized spacial score (nSPS) is 28.8. The van der Waals surface area contributed by atoms with Gasteiger partial charge in [0.05, 0.1) is 17.1 Å². The number of carbonyl (C=O) groups is 4. The van der Waals surface area contributed by atoms with Crippen LogP contribution in [0, 0.1) is 11.8 Å². The number of rotatable bonds is 3. The Hall–Kier alpha value is -3.92. The first kappa shape index (κ1) is 22.3. The number of Topliss-reactive ketones (excluding diaryl/α,β-unsaturated/α-hetero) is 2. The number of aliphatic hydroxyl groups excluding tert-OH is 2. The summed E-state index contributed by atoms with van der Waals surface area (Å²) < 4.78 is 5.53. The Morgan fingerprint density at radius 3 is 2.52 bits per heavy atom. The van der Waals surface area contributed by atoms with Crippen molar-refractivity contribution in [2.24, 2.45) is 17.6 Å². The molecular formula is C23H21NO9. The summed E-state index contributed by atoms with van der Waals surface area (Å²) in [5.41, 5.74) is 1.20. The number of hydrogen-bond acceptors (Lipinski definition) is 9. The molecule has 4 atom stereocenters. The molecule has 10 heteroatoms. The van der Waals surface area contributed by atoms with E-state index in [0.29, 0.717) is 0 Å². The number of phenolic OH excluding ortho intramolecular Hbond substituents is 1. The number of primary amides is 1. The topological polar surface area (TPSA) is 184 Å². The van der Waals surface area contributed by atoms with Crippen molar-refractivity contribution >= 4 is 34.8 Å². The van der Waals surface area contributed by atoms with Crippen molar-refractivity contribution in [3.8, 4) is 5.75 Å². The molecule has 1 saturated carbocycles. The smallest absolute Gasteiger partial charge is 0.305 e. The molecule has 0 saturated heterocycles. The first-order valence-electron chi connectivity index (χ1n) is 10.1. The van der Waals surface area contributed by atoms with Gasteiger partial charge in [-0.2, -0.15) is 0 Å². The van der Waals surface area contributed by atoms with Gasteiger partial charge in [-0.25, -0.2) is 0 Å². The highest BCUT2D eigenvalue weighted by molar-refractivity contribution is 6.23. The standard InChI is InChI=1S/C23H21NO9/c1-3-13(27)33-19-10-7-12(26)16(22(24)31)20(29)23(10,32)21(30)17-14(19)8(2)9-5-4-6-11(25)15(9)18(17)28/h4-6,10,14,19,25,28-29,32H,2-3,7H2,1H3,(H2,24,31). The average Bonchev–Trinajstić information content (AvgIpc) is 2.75. The lowest BCUT2D eigenvalue weighted by molar-refractivity contribution is -0.174. The van der Waals surface area contributed by atoms with Crippen LogP contribution >= 0.6 is 0 Å². The molecule has 0 radical (unpaired) electrons. The molecule has 3 aliphatic rings. The third-order valence-electron chi connectivity index (χ3n) is 6.50. The van der Waals surface area contributed by atoms with Gasteiger partial charge in [-0.1, -0.05) is 25.6 Å². The fourth-order valence-corrected chi connectivity index (χ4v) is 4.95. The number of amides is 1. The Kier molecular flexibility index (Phi) is 4.93. The predicted octanol–water partition coefficient (Wildman–Crippen LogP) is 0.826. The number of esters is 1. The molecule has 0 heterocycles. The van der Waals surface area contributed by atoms with Crippen molar-refractivity contribution in [1.29, 1.82) is 0 Å². The highest BCUT2D eigenvalue weighted by atomic mass is 16.5. The fourth-order valence-electron chi connectivity index (χ4n) is 4.95. The maximum atomic E-state index is 13.6. The Balaban J connectivity index is 2.05. The second-order valence-corrected chi connectivity index (χ2v) is 8.19. The monoisotopic (exact) mass is 455 g/mol. The van der Waals surface area contributed by atoms with E-state index in [9.17, 15) is 39.6 Å². The van der Waals surface area contributed by atoms with Crippen LogP contribution in [0.5, 0.6) is 5.75 Å². The van der Waals surface area contributed by atoms with Gasteiger partial charge in [0.2, 0.25) is 5.78 Å². The number of ether oxygens (including phenoxy) is 1. The fraction of sp³-hybridized carbons (Fsp3) is 0.304. The highest BCUT2D eigenvalue weighted by Crippen LogP contribution is 2.55.